The summed E-state index contributed by atoms with van der Waals surface area (Å²) < 4.78 is 0. The number of likely N-dealkylation sites (N-methyl/N-ethyl adjacent to an activating group) is 1. The van der Waals surface area contributed by atoms with E-state index < -0.39 is 6.10 Å². The average Bonchev–Trinajstić information content (AvgIpc) is 2.28. The van der Waals surface area contributed by atoms with E-state index in [1.54, 1.807) is 0 Å². The molecule has 0 aliphatic rings. The van der Waals surface area contributed by atoms with E-state index in [-0.39, 0.29) is 6.61 Å². The van der Waals surface area contributed by atoms with Gasteiger partial charge in [-0.25, -0.2) is 0 Å². The van der Waals surface area contributed by atoms with Crippen LogP contribution < -0.4 is 4.90 Å². The number of anilines is 1. The summed E-state index contributed by atoms with van der Waals surface area (Å²) in [5, 5.41) is 18.7. The highest BCUT2D eigenvalue weighted by molar-refractivity contribution is 5.54. The zero-order chi connectivity index (χ0) is 11.3. The van der Waals surface area contributed by atoms with Gasteiger partial charge in [-0.15, -0.1) is 0 Å². The summed E-state index contributed by atoms with van der Waals surface area (Å²) >= 11 is 0. The highest BCUT2D eigenvalue weighted by Gasteiger charge is 2.12. The first-order chi connectivity index (χ1) is 7.20. The SMILES string of the molecule is CCC(O)c1ccccc1N(C)CCO. The number of hydrogen-bond acceptors (Lipinski definition) is 3. The zero-order valence-electron chi connectivity index (χ0n) is 9.35. The lowest BCUT2D eigenvalue weighted by atomic mass is 10.0. The minimum Gasteiger partial charge on any atom is -0.395 e. The summed E-state index contributed by atoms with van der Waals surface area (Å²) in [4.78, 5) is 1.95. The second-order valence-corrected chi connectivity index (χ2v) is 3.63. The lowest BCUT2D eigenvalue weighted by molar-refractivity contribution is 0.174. The molecule has 1 atom stereocenters. The molecule has 0 heterocycles. The molecule has 0 bridgehead atoms. The maximum Gasteiger partial charge on any atom is 0.0807 e. The van der Waals surface area contributed by atoms with Crippen molar-refractivity contribution in [2.75, 3.05) is 25.1 Å². The molecular weight excluding hydrogens is 190 g/mol. The van der Waals surface area contributed by atoms with Gasteiger partial charge in [0.15, 0.2) is 0 Å². The van der Waals surface area contributed by atoms with Crippen LogP contribution in [-0.2, 0) is 0 Å². The van der Waals surface area contributed by atoms with Crippen molar-refractivity contribution in [1.29, 1.82) is 0 Å². The van der Waals surface area contributed by atoms with E-state index in [4.69, 9.17) is 5.11 Å². The van der Waals surface area contributed by atoms with Crippen molar-refractivity contribution in [2.45, 2.75) is 19.4 Å². The van der Waals surface area contributed by atoms with E-state index in [0.29, 0.717) is 13.0 Å². The molecule has 0 amide bonds. The van der Waals surface area contributed by atoms with Gasteiger partial charge in [0.2, 0.25) is 0 Å². The van der Waals surface area contributed by atoms with Crippen LogP contribution in [0.3, 0.4) is 0 Å². The van der Waals surface area contributed by atoms with Gasteiger partial charge in [-0.3, -0.25) is 0 Å². The lowest BCUT2D eigenvalue weighted by Gasteiger charge is -2.23. The summed E-state index contributed by atoms with van der Waals surface area (Å²) in [6, 6.07) is 7.75. The Morgan fingerprint density at radius 1 is 1.33 bits per heavy atom. The summed E-state index contributed by atoms with van der Waals surface area (Å²) in [7, 11) is 1.91. The van der Waals surface area contributed by atoms with Gasteiger partial charge in [0.25, 0.3) is 0 Å². The second-order valence-electron chi connectivity index (χ2n) is 3.63. The van der Waals surface area contributed by atoms with E-state index >= 15 is 0 Å². The number of para-hydroxylation sites is 1. The van der Waals surface area contributed by atoms with Crippen LogP contribution in [0.4, 0.5) is 5.69 Å². The van der Waals surface area contributed by atoms with Crippen LogP contribution >= 0.6 is 0 Å². The van der Waals surface area contributed by atoms with Gasteiger partial charge in [-0.2, -0.15) is 0 Å². The van der Waals surface area contributed by atoms with Crippen molar-refractivity contribution < 1.29 is 10.2 Å². The highest BCUT2D eigenvalue weighted by Crippen LogP contribution is 2.26. The first-order valence-corrected chi connectivity index (χ1v) is 5.29. The third kappa shape index (κ3) is 2.94. The third-order valence-corrected chi connectivity index (χ3v) is 2.53. The molecule has 1 unspecified atom stereocenters. The van der Waals surface area contributed by atoms with E-state index in [0.717, 1.165) is 11.3 Å². The predicted molar refractivity (Wildman–Crippen MR) is 62.0 cm³/mol. The quantitative estimate of drug-likeness (QED) is 0.773. The van der Waals surface area contributed by atoms with Crippen LogP contribution in [-0.4, -0.2) is 30.4 Å². The molecule has 1 aromatic rings. The normalized spacial score (nSPS) is 12.5. The number of aliphatic hydroxyl groups excluding tert-OH is 2. The number of rotatable bonds is 5. The molecule has 3 nitrogen and oxygen atoms in total. The number of hydrogen-bond donors (Lipinski definition) is 2. The van der Waals surface area contributed by atoms with Gasteiger partial charge < -0.3 is 15.1 Å². The topological polar surface area (TPSA) is 43.7 Å². The van der Waals surface area contributed by atoms with Crippen molar-refractivity contribution in [3.8, 4) is 0 Å². The number of benzene rings is 1. The van der Waals surface area contributed by atoms with Crippen molar-refractivity contribution in [1.82, 2.24) is 0 Å². The Bertz CT molecular complexity index is 301. The van der Waals surface area contributed by atoms with E-state index in [1.807, 2.05) is 43.1 Å². The molecule has 84 valence electrons. The molecule has 0 radical (unpaired) electrons. The Kier molecular flexibility index (Phi) is 4.59. The van der Waals surface area contributed by atoms with Gasteiger partial charge >= 0.3 is 0 Å². The van der Waals surface area contributed by atoms with Crippen LogP contribution in [0, 0.1) is 0 Å². The Labute approximate surface area is 91.0 Å². The first kappa shape index (κ1) is 12.0. The summed E-state index contributed by atoms with van der Waals surface area (Å²) in [6.45, 7) is 2.65. The fraction of sp³-hybridized carbons (Fsp3) is 0.500. The van der Waals surface area contributed by atoms with E-state index in [1.165, 1.54) is 0 Å². The Balaban J connectivity index is 2.95. The molecule has 0 aliphatic heterocycles. The van der Waals surface area contributed by atoms with Crippen molar-refractivity contribution in [3.63, 3.8) is 0 Å². The number of aliphatic hydroxyl groups is 2. The molecule has 15 heavy (non-hydrogen) atoms. The Hall–Kier alpha value is -1.06. The van der Waals surface area contributed by atoms with Crippen LogP contribution in [0.2, 0.25) is 0 Å². The summed E-state index contributed by atoms with van der Waals surface area (Å²) in [5.41, 5.74) is 1.91. The highest BCUT2D eigenvalue weighted by atomic mass is 16.3. The molecular formula is C12H19NO2. The van der Waals surface area contributed by atoms with Gasteiger partial charge in [-0.05, 0) is 12.5 Å². The molecule has 3 heteroatoms. The van der Waals surface area contributed by atoms with Gasteiger partial charge in [0.1, 0.15) is 0 Å². The molecule has 1 aromatic carbocycles. The molecule has 0 saturated heterocycles. The summed E-state index contributed by atoms with van der Waals surface area (Å²) in [6.07, 6.45) is 0.270. The molecule has 0 saturated carbocycles. The summed E-state index contributed by atoms with van der Waals surface area (Å²) in [5.74, 6) is 0. The van der Waals surface area contributed by atoms with Crippen molar-refractivity contribution >= 4 is 5.69 Å². The minimum absolute atomic E-state index is 0.118. The Morgan fingerprint density at radius 2 is 2.00 bits per heavy atom. The van der Waals surface area contributed by atoms with Crippen LogP contribution in [0.25, 0.3) is 0 Å². The second kappa shape index (κ2) is 5.73. The third-order valence-electron chi connectivity index (χ3n) is 2.53. The molecule has 0 aliphatic carbocycles. The monoisotopic (exact) mass is 209 g/mol. The maximum atomic E-state index is 9.84. The van der Waals surface area contributed by atoms with Crippen molar-refractivity contribution in [3.05, 3.63) is 29.8 Å². The first-order valence-electron chi connectivity index (χ1n) is 5.29. The lowest BCUT2D eigenvalue weighted by Crippen LogP contribution is -2.22. The van der Waals surface area contributed by atoms with Crippen LogP contribution in [0.15, 0.2) is 24.3 Å². The smallest absolute Gasteiger partial charge is 0.0807 e. The minimum atomic E-state index is -0.428. The van der Waals surface area contributed by atoms with E-state index in [9.17, 15) is 5.11 Å². The number of nitrogens with zero attached hydrogens (tertiary/aromatic N) is 1. The van der Waals surface area contributed by atoms with Gasteiger partial charge in [0, 0.05) is 24.8 Å². The van der Waals surface area contributed by atoms with Crippen molar-refractivity contribution in [2.24, 2.45) is 0 Å². The Morgan fingerprint density at radius 3 is 2.60 bits per heavy atom. The largest absolute Gasteiger partial charge is 0.395 e. The zero-order valence-corrected chi connectivity index (χ0v) is 9.35. The molecule has 0 fully saturated rings. The standard InChI is InChI=1S/C12H19NO2/c1-3-12(15)10-6-4-5-7-11(10)13(2)8-9-14/h4-7,12,14-15H,3,8-9H2,1-2H3. The van der Waals surface area contributed by atoms with E-state index in [2.05, 4.69) is 0 Å². The molecule has 2 N–H and O–H groups in total. The van der Waals surface area contributed by atoms with Gasteiger partial charge in [0.05, 0.1) is 12.7 Å². The fourth-order valence-corrected chi connectivity index (χ4v) is 1.61. The fourth-order valence-electron chi connectivity index (χ4n) is 1.61. The maximum absolute atomic E-state index is 9.84. The average molecular weight is 209 g/mol. The molecule has 0 spiro atoms. The van der Waals surface area contributed by atoms with Crippen LogP contribution in [0.1, 0.15) is 25.0 Å². The predicted octanol–water partition coefficient (Wildman–Crippen LogP) is 1.56. The van der Waals surface area contributed by atoms with Crippen LogP contribution in [0.5, 0.6) is 0 Å². The molecule has 1 rings (SSSR count). The molecule has 0 aromatic heterocycles. The van der Waals surface area contributed by atoms with Gasteiger partial charge in [-0.1, -0.05) is 25.1 Å².